The molecular formula is C32H18N2. The van der Waals surface area contributed by atoms with E-state index in [2.05, 4.69) is 113 Å². The molecule has 9 aromatic rings. The van der Waals surface area contributed by atoms with Gasteiger partial charge in [-0.25, -0.2) is 0 Å². The van der Waals surface area contributed by atoms with Gasteiger partial charge < -0.3 is 9.38 Å². The fourth-order valence-corrected chi connectivity index (χ4v) is 6.49. The number of nitrogens with zero attached hydrogens (tertiary/aromatic N) is 1. The Morgan fingerprint density at radius 2 is 1.18 bits per heavy atom. The van der Waals surface area contributed by atoms with E-state index in [4.69, 9.17) is 0 Å². The Morgan fingerprint density at radius 3 is 2.09 bits per heavy atom. The summed E-state index contributed by atoms with van der Waals surface area (Å²) < 4.78 is 2.55. The Bertz CT molecular complexity index is 2280. The van der Waals surface area contributed by atoms with Crippen molar-refractivity contribution in [3.63, 3.8) is 0 Å². The first-order valence-corrected chi connectivity index (χ1v) is 11.8. The summed E-state index contributed by atoms with van der Waals surface area (Å²) >= 11 is 0. The molecule has 3 heterocycles. The summed E-state index contributed by atoms with van der Waals surface area (Å²) in [7, 11) is 0. The SMILES string of the molecule is c1ccc2c(c1)cc1c3cccc4[nH]c5cccc(c5c43)n3c4c5ccccc5ccc4c2c13. The van der Waals surface area contributed by atoms with E-state index < -0.39 is 0 Å². The van der Waals surface area contributed by atoms with E-state index in [1.807, 2.05) is 0 Å². The third-order valence-electron chi connectivity index (χ3n) is 7.80. The fourth-order valence-electron chi connectivity index (χ4n) is 6.49. The molecule has 0 amide bonds. The minimum atomic E-state index is 1.19. The Hall–Kier alpha value is -4.56. The molecule has 2 nitrogen and oxygen atoms in total. The number of hydrogen-bond acceptors (Lipinski definition) is 0. The molecule has 0 saturated carbocycles. The smallest absolute Gasteiger partial charge is 0.0626 e. The maximum atomic E-state index is 3.69. The lowest BCUT2D eigenvalue weighted by atomic mass is 9.97. The van der Waals surface area contributed by atoms with Gasteiger partial charge in [0.25, 0.3) is 0 Å². The molecule has 0 fully saturated rings. The summed E-state index contributed by atoms with van der Waals surface area (Å²) in [6.07, 6.45) is 0. The van der Waals surface area contributed by atoms with E-state index >= 15 is 0 Å². The summed E-state index contributed by atoms with van der Waals surface area (Å²) in [6.45, 7) is 0. The lowest BCUT2D eigenvalue weighted by molar-refractivity contribution is 1.37. The van der Waals surface area contributed by atoms with Gasteiger partial charge in [-0.1, -0.05) is 78.9 Å². The van der Waals surface area contributed by atoms with Crippen LogP contribution in [0.25, 0.3) is 81.4 Å². The number of H-pyrrole nitrogens is 1. The van der Waals surface area contributed by atoms with Crippen LogP contribution in [-0.2, 0) is 0 Å². The molecule has 0 radical (unpaired) electrons. The van der Waals surface area contributed by atoms with Gasteiger partial charge in [0.05, 0.1) is 16.6 Å². The molecule has 2 heteroatoms. The van der Waals surface area contributed by atoms with Crippen molar-refractivity contribution < 1.29 is 0 Å². The van der Waals surface area contributed by atoms with Crippen LogP contribution < -0.4 is 0 Å². The Balaban J connectivity index is 1.82. The second kappa shape index (κ2) is 5.67. The second-order valence-corrected chi connectivity index (χ2v) is 9.44. The molecule has 156 valence electrons. The van der Waals surface area contributed by atoms with Crippen LogP contribution in [0.3, 0.4) is 0 Å². The molecule has 0 aliphatic carbocycles. The van der Waals surface area contributed by atoms with E-state index in [1.165, 1.54) is 81.4 Å². The van der Waals surface area contributed by atoms with Gasteiger partial charge in [0.15, 0.2) is 0 Å². The van der Waals surface area contributed by atoms with Gasteiger partial charge in [-0.2, -0.15) is 0 Å². The molecule has 3 aromatic heterocycles. The van der Waals surface area contributed by atoms with Gasteiger partial charge in [-0.3, -0.25) is 0 Å². The lowest BCUT2D eigenvalue weighted by Gasteiger charge is -2.05. The highest BCUT2D eigenvalue weighted by Crippen LogP contribution is 2.45. The van der Waals surface area contributed by atoms with Gasteiger partial charge in [-0.15, -0.1) is 0 Å². The van der Waals surface area contributed by atoms with E-state index in [0.29, 0.717) is 0 Å². The molecule has 34 heavy (non-hydrogen) atoms. The van der Waals surface area contributed by atoms with Crippen LogP contribution in [0.2, 0.25) is 0 Å². The molecule has 0 atom stereocenters. The number of benzene rings is 6. The molecule has 0 spiro atoms. The maximum absolute atomic E-state index is 3.69. The normalized spacial score (nSPS) is 12.7. The maximum Gasteiger partial charge on any atom is 0.0626 e. The standard InChI is InChI=1S/C32H18N2/c1-4-10-21-18(7-1)15-16-23-28-20-9-3-2-8-19(20)17-24-22-11-5-12-25-29(22)30-26(33-25)13-6-14-27(30)34(31(21)23)32(24)28/h1-17,33H. The van der Waals surface area contributed by atoms with Gasteiger partial charge in [0.2, 0.25) is 0 Å². The fraction of sp³-hybridized carbons (Fsp3) is 0. The van der Waals surface area contributed by atoms with Gasteiger partial charge in [0.1, 0.15) is 0 Å². The van der Waals surface area contributed by atoms with Crippen molar-refractivity contribution in [1.82, 2.24) is 9.38 Å². The van der Waals surface area contributed by atoms with E-state index in [-0.39, 0.29) is 0 Å². The third kappa shape index (κ3) is 1.83. The second-order valence-electron chi connectivity index (χ2n) is 9.44. The van der Waals surface area contributed by atoms with Crippen molar-refractivity contribution in [2.75, 3.05) is 0 Å². The van der Waals surface area contributed by atoms with Crippen LogP contribution in [0.15, 0.2) is 103 Å². The molecule has 6 aromatic carbocycles. The molecule has 9 rings (SSSR count). The van der Waals surface area contributed by atoms with Crippen LogP contribution in [0, 0.1) is 0 Å². The largest absolute Gasteiger partial charge is 0.354 e. The predicted molar refractivity (Wildman–Crippen MR) is 145 cm³/mol. The van der Waals surface area contributed by atoms with E-state index in [1.54, 1.807) is 0 Å². The average Bonchev–Trinajstić information content (AvgIpc) is 3.41. The van der Waals surface area contributed by atoms with E-state index in [9.17, 15) is 0 Å². The van der Waals surface area contributed by atoms with Crippen LogP contribution in [0.4, 0.5) is 0 Å². The monoisotopic (exact) mass is 430 g/mol. The summed E-state index contributed by atoms with van der Waals surface area (Å²) in [4.78, 5) is 3.69. The molecule has 0 unspecified atom stereocenters. The Kier molecular flexibility index (Phi) is 2.83. The summed E-state index contributed by atoms with van der Waals surface area (Å²) in [5, 5.41) is 13.1. The third-order valence-corrected chi connectivity index (χ3v) is 7.80. The topological polar surface area (TPSA) is 20.2 Å². The van der Waals surface area contributed by atoms with Crippen molar-refractivity contribution >= 4 is 81.4 Å². The quantitative estimate of drug-likeness (QED) is 0.248. The van der Waals surface area contributed by atoms with Crippen LogP contribution in [0.1, 0.15) is 0 Å². The van der Waals surface area contributed by atoms with Crippen molar-refractivity contribution in [2.24, 2.45) is 0 Å². The van der Waals surface area contributed by atoms with Crippen molar-refractivity contribution in [3.8, 4) is 0 Å². The zero-order valence-electron chi connectivity index (χ0n) is 18.3. The zero-order chi connectivity index (χ0) is 22.0. The molecular weight excluding hydrogens is 412 g/mol. The first-order chi connectivity index (χ1) is 16.9. The van der Waals surface area contributed by atoms with Crippen molar-refractivity contribution in [1.29, 1.82) is 0 Å². The average molecular weight is 431 g/mol. The Morgan fingerprint density at radius 1 is 0.441 bits per heavy atom. The molecule has 1 N–H and O–H groups in total. The Labute approximate surface area is 194 Å². The molecule has 0 aliphatic heterocycles. The minimum Gasteiger partial charge on any atom is -0.354 e. The molecule has 0 aliphatic rings. The van der Waals surface area contributed by atoms with Crippen molar-refractivity contribution in [2.45, 2.75) is 0 Å². The number of rotatable bonds is 0. The van der Waals surface area contributed by atoms with Crippen molar-refractivity contribution in [3.05, 3.63) is 103 Å². The first-order valence-electron chi connectivity index (χ1n) is 11.8. The number of fused-ring (bicyclic) bond motifs is 9. The van der Waals surface area contributed by atoms with Crippen LogP contribution >= 0.6 is 0 Å². The van der Waals surface area contributed by atoms with Gasteiger partial charge in [0, 0.05) is 43.4 Å². The lowest BCUT2D eigenvalue weighted by Crippen LogP contribution is -1.86. The minimum absolute atomic E-state index is 1.19. The zero-order valence-corrected chi connectivity index (χ0v) is 18.3. The first kappa shape index (κ1) is 17.0. The summed E-state index contributed by atoms with van der Waals surface area (Å²) in [5.74, 6) is 0. The van der Waals surface area contributed by atoms with Crippen LogP contribution in [-0.4, -0.2) is 9.38 Å². The summed E-state index contributed by atoms with van der Waals surface area (Å²) in [5.41, 5.74) is 6.23. The molecule has 0 bridgehead atoms. The highest BCUT2D eigenvalue weighted by Gasteiger charge is 2.21. The highest BCUT2D eigenvalue weighted by molar-refractivity contribution is 6.36. The number of nitrogens with one attached hydrogen (secondary N) is 1. The predicted octanol–water partition coefficient (Wildman–Crippen LogP) is 8.78. The van der Waals surface area contributed by atoms with Gasteiger partial charge in [-0.05, 0) is 45.8 Å². The number of aromatic nitrogens is 2. The van der Waals surface area contributed by atoms with Gasteiger partial charge >= 0.3 is 0 Å². The number of hydrogen-bond donors (Lipinski definition) is 1. The molecule has 0 saturated heterocycles. The van der Waals surface area contributed by atoms with E-state index in [0.717, 1.165) is 0 Å². The van der Waals surface area contributed by atoms with Crippen LogP contribution in [0.5, 0.6) is 0 Å². The highest BCUT2D eigenvalue weighted by atomic mass is 14.9. The number of aromatic amines is 1. The summed E-state index contributed by atoms with van der Waals surface area (Å²) in [6, 6.07) is 38.0.